The SMILES string of the molecule is Cl.Cl.O=C(CC1CC2CCC(C1)N2)NCc1ccccc1CN1CCCCCC1. The maximum absolute atomic E-state index is 12.5. The van der Waals surface area contributed by atoms with Crippen molar-refractivity contribution in [3.8, 4) is 0 Å². The Morgan fingerprint density at radius 3 is 2.24 bits per heavy atom. The fourth-order valence-corrected chi connectivity index (χ4v) is 5.29. The summed E-state index contributed by atoms with van der Waals surface area (Å²) in [4.78, 5) is 15.1. The number of halogens is 2. The maximum atomic E-state index is 12.5. The van der Waals surface area contributed by atoms with Gasteiger partial charge < -0.3 is 10.6 Å². The number of benzene rings is 1. The summed E-state index contributed by atoms with van der Waals surface area (Å²) in [5.41, 5.74) is 2.65. The topological polar surface area (TPSA) is 44.4 Å². The lowest BCUT2D eigenvalue weighted by molar-refractivity contribution is -0.122. The third-order valence-electron chi connectivity index (χ3n) is 6.73. The van der Waals surface area contributed by atoms with Crippen LogP contribution in [-0.4, -0.2) is 36.0 Å². The number of carbonyl (C=O) groups excluding carboxylic acids is 1. The van der Waals surface area contributed by atoms with Gasteiger partial charge in [-0.25, -0.2) is 0 Å². The zero-order valence-electron chi connectivity index (χ0n) is 17.4. The molecular weight excluding hydrogens is 405 g/mol. The summed E-state index contributed by atoms with van der Waals surface area (Å²) in [5, 5.41) is 6.87. The summed E-state index contributed by atoms with van der Waals surface area (Å²) in [6.45, 7) is 4.10. The predicted molar refractivity (Wildman–Crippen MR) is 124 cm³/mol. The molecule has 4 rings (SSSR count). The minimum Gasteiger partial charge on any atom is -0.352 e. The average molecular weight is 442 g/mol. The van der Waals surface area contributed by atoms with E-state index in [0.717, 1.165) is 6.54 Å². The third-order valence-corrected chi connectivity index (χ3v) is 6.73. The lowest BCUT2D eigenvalue weighted by atomic mass is 9.89. The third kappa shape index (κ3) is 7.13. The molecule has 3 fully saturated rings. The first kappa shape index (κ1) is 24.5. The van der Waals surface area contributed by atoms with Crippen LogP contribution in [0.15, 0.2) is 24.3 Å². The van der Waals surface area contributed by atoms with Gasteiger partial charge in [0.25, 0.3) is 0 Å². The number of piperidine rings is 1. The van der Waals surface area contributed by atoms with E-state index in [2.05, 4.69) is 39.8 Å². The Labute approximate surface area is 188 Å². The molecule has 1 aromatic rings. The van der Waals surface area contributed by atoms with Crippen molar-refractivity contribution in [2.45, 2.75) is 83.0 Å². The highest BCUT2D eigenvalue weighted by molar-refractivity contribution is 5.85. The molecule has 1 amide bonds. The van der Waals surface area contributed by atoms with Crippen LogP contribution < -0.4 is 10.6 Å². The van der Waals surface area contributed by atoms with Crippen molar-refractivity contribution >= 4 is 30.7 Å². The molecule has 3 aliphatic heterocycles. The molecule has 2 bridgehead atoms. The molecule has 0 spiro atoms. The van der Waals surface area contributed by atoms with Crippen LogP contribution in [0.4, 0.5) is 0 Å². The highest BCUT2D eigenvalue weighted by Crippen LogP contribution is 2.32. The summed E-state index contributed by atoms with van der Waals surface area (Å²) in [5.74, 6) is 0.793. The van der Waals surface area contributed by atoms with Gasteiger partial charge in [0.15, 0.2) is 0 Å². The molecule has 4 nitrogen and oxygen atoms in total. The van der Waals surface area contributed by atoms with E-state index in [1.807, 2.05) is 0 Å². The van der Waals surface area contributed by atoms with E-state index < -0.39 is 0 Å². The zero-order valence-corrected chi connectivity index (χ0v) is 19.0. The second-order valence-corrected chi connectivity index (χ2v) is 8.92. The van der Waals surface area contributed by atoms with Crippen LogP contribution >= 0.6 is 24.8 Å². The van der Waals surface area contributed by atoms with Crippen LogP contribution in [0.2, 0.25) is 0 Å². The molecule has 2 N–H and O–H groups in total. The van der Waals surface area contributed by atoms with Gasteiger partial charge in [-0.05, 0) is 68.7 Å². The molecular formula is C23H37Cl2N3O. The van der Waals surface area contributed by atoms with Crippen LogP contribution in [0.25, 0.3) is 0 Å². The summed E-state index contributed by atoms with van der Waals surface area (Å²) in [6, 6.07) is 9.96. The predicted octanol–water partition coefficient (Wildman–Crippen LogP) is 4.44. The summed E-state index contributed by atoms with van der Waals surface area (Å²) < 4.78 is 0. The van der Waals surface area contributed by atoms with Gasteiger partial charge in [0.2, 0.25) is 5.91 Å². The first-order chi connectivity index (χ1) is 13.3. The standard InChI is InChI=1S/C23H35N3O.2ClH/c27-23(15-18-13-21-9-10-22(14-18)25-21)24-16-19-7-3-4-8-20(19)17-26-11-5-1-2-6-12-26;;/h3-4,7-8,18,21-22,25H,1-2,5-6,9-17H2,(H,24,27);2*1H. The molecule has 6 heteroatoms. The monoisotopic (exact) mass is 441 g/mol. The number of fused-ring (bicyclic) bond motifs is 2. The zero-order chi connectivity index (χ0) is 18.5. The maximum Gasteiger partial charge on any atom is 0.220 e. The van der Waals surface area contributed by atoms with Crippen molar-refractivity contribution in [3.63, 3.8) is 0 Å². The van der Waals surface area contributed by atoms with Gasteiger partial charge in [-0.15, -0.1) is 24.8 Å². The Morgan fingerprint density at radius 1 is 0.966 bits per heavy atom. The fourth-order valence-electron chi connectivity index (χ4n) is 5.29. The van der Waals surface area contributed by atoms with Gasteiger partial charge in [0.05, 0.1) is 0 Å². The molecule has 0 aliphatic carbocycles. The van der Waals surface area contributed by atoms with Crippen molar-refractivity contribution in [2.75, 3.05) is 13.1 Å². The van der Waals surface area contributed by atoms with Crippen LogP contribution in [0.3, 0.4) is 0 Å². The smallest absolute Gasteiger partial charge is 0.220 e. The van der Waals surface area contributed by atoms with E-state index in [1.54, 1.807) is 0 Å². The molecule has 164 valence electrons. The Morgan fingerprint density at radius 2 is 1.59 bits per heavy atom. The van der Waals surface area contributed by atoms with Crippen LogP contribution in [-0.2, 0) is 17.9 Å². The Hall–Kier alpha value is -0.810. The molecule has 0 radical (unpaired) electrons. The van der Waals surface area contributed by atoms with Gasteiger partial charge in [-0.2, -0.15) is 0 Å². The number of hydrogen-bond acceptors (Lipinski definition) is 3. The second-order valence-electron chi connectivity index (χ2n) is 8.92. The first-order valence-corrected chi connectivity index (χ1v) is 11.1. The number of nitrogens with zero attached hydrogens (tertiary/aromatic N) is 1. The van der Waals surface area contributed by atoms with Crippen LogP contribution in [0.5, 0.6) is 0 Å². The van der Waals surface area contributed by atoms with Gasteiger partial charge in [0, 0.05) is 31.6 Å². The summed E-state index contributed by atoms with van der Waals surface area (Å²) >= 11 is 0. The van der Waals surface area contributed by atoms with Crippen LogP contribution in [0.1, 0.15) is 68.9 Å². The number of carbonyl (C=O) groups is 1. The summed E-state index contributed by atoms with van der Waals surface area (Å²) in [7, 11) is 0. The molecule has 3 aliphatic rings. The normalized spacial score (nSPS) is 26.7. The van der Waals surface area contributed by atoms with Crippen molar-refractivity contribution < 1.29 is 4.79 Å². The second kappa shape index (κ2) is 12.1. The minimum absolute atomic E-state index is 0. The Balaban J connectivity index is 0.00000150. The molecule has 0 saturated carbocycles. The lowest BCUT2D eigenvalue weighted by Gasteiger charge is -2.28. The highest BCUT2D eigenvalue weighted by atomic mass is 35.5. The molecule has 0 aromatic heterocycles. The van der Waals surface area contributed by atoms with Gasteiger partial charge in [0.1, 0.15) is 0 Å². The van der Waals surface area contributed by atoms with Crippen molar-refractivity contribution in [1.29, 1.82) is 0 Å². The van der Waals surface area contributed by atoms with Crippen LogP contribution in [0, 0.1) is 5.92 Å². The lowest BCUT2D eigenvalue weighted by Crippen LogP contribution is -2.39. The summed E-state index contributed by atoms with van der Waals surface area (Å²) in [6.07, 6.45) is 11.0. The highest BCUT2D eigenvalue weighted by Gasteiger charge is 2.34. The average Bonchev–Trinajstić information content (AvgIpc) is 2.85. The van der Waals surface area contributed by atoms with E-state index in [9.17, 15) is 4.79 Å². The Kier molecular flexibility index (Phi) is 10.2. The van der Waals surface area contributed by atoms with E-state index in [4.69, 9.17) is 0 Å². The van der Waals surface area contributed by atoms with E-state index in [0.29, 0.717) is 31.0 Å². The van der Waals surface area contributed by atoms with E-state index in [1.165, 1.54) is 75.6 Å². The van der Waals surface area contributed by atoms with Gasteiger partial charge in [-0.3, -0.25) is 9.69 Å². The molecule has 1 aromatic carbocycles. The van der Waals surface area contributed by atoms with Crippen molar-refractivity contribution in [1.82, 2.24) is 15.5 Å². The number of likely N-dealkylation sites (tertiary alicyclic amines) is 1. The van der Waals surface area contributed by atoms with E-state index in [-0.39, 0.29) is 30.7 Å². The fraction of sp³-hybridized carbons (Fsp3) is 0.696. The minimum atomic E-state index is 0. The van der Waals surface area contributed by atoms with Crippen molar-refractivity contribution in [3.05, 3.63) is 35.4 Å². The number of hydrogen-bond donors (Lipinski definition) is 2. The number of rotatable bonds is 6. The molecule has 3 heterocycles. The molecule has 29 heavy (non-hydrogen) atoms. The van der Waals surface area contributed by atoms with E-state index >= 15 is 0 Å². The first-order valence-electron chi connectivity index (χ1n) is 11.1. The quantitative estimate of drug-likeness (QED) is 0.685. The molecule has 2 unspecified atom stereocenters. The van der Waals surface area contributed by atoms with Gasteiger partial charge >= 0.3 is 0 Å². The Bertz CT molecular complexity index is 622. The molecule has 2 atom stereocenters. The largest absolute Gasteiger partial charge is 0.352 e. The number of amides is 1. The number of nitrogens with one attached hydrogen (secondary N) is 2. The van der Waals surface area contributed by atoms with Crippen molar-refractivity contribution in [2.24, 2.45) is 5.92 Å². The van der Waals surface area contributed by atoms with Gasteiger partial charge in [-0.1, -0.05) is 37.1 Å². The molecule has 3 saturated heterocycles.